The number of hydrogen-bond donors (Lipinski definition) is 1. The van der Waals surface area contributed by atoms with Gasteiger partial charge >= 0.3 is 0 Å². The zero-order chi connectivity index (χ0) is 15.3. The number of sulfone groups is 1. The van der Waals surface area contributed by atoms with E-state index in [1.54, 1.807) is 6.07 Å². The van der Waals surface area contributed by atoms with E-state index in [4.69, 9.17) is 0 Å². The Kier molecular flexibility index (Phi) is 5.68. The largest absolute Gasteiger partial charge is 0.353 e. The second kappa shape index (κ2) is 6.83. The summed E-state index contributed by atoms with van der Waals surface area (Å²) in [6, 6.07) is 5.55. The Morgan fingerprint density at radius 1 is 1.25 bits per heavy atom. The van der Waals surface area contributed by atoms with Crippen LogP contribution in [0.5, 0.6) is 0 Å². The Bertz CT molecular complexity index is 570. The van der Waals surface area contributed by atoms with E-state index < -0.39 is 33.1 Å². The minimum Gasteiger partial charge on any atom is -0.353 e. The second-order valence-corrected chi connectivity index (χ2v) is 7.29. The summed E-state index contributed by atoms with van der Waals surface area (Å²) >= 11 is 0. The fourth-order valence-electron chi connectivity index (χ4n) is 1.57. The predicted octanol–water partition coefficient (Wildman–Crippen LogP) is 1.90. The molecule has 1 N–H and O–H groups in total. The van der Waals surface area contributed by atoms with Crippen LogP contribution >= 0.6 is 0 Å². The van der Waals surface area contributed by atoms with Crippen molar-refractivity contribution in [3.05, 3.63) is 35.6 Å². The Morgan fingerprint density at radius 2 is 1.85 bits per heavy atom. The number of carbonyl (C=O) groups excluding carboxylic acids is 1. The quantitative estimate of drug-likeness (QED) is 0.873. The van der Waals surface area contributed by atoms with Gasteiger partial charge in [-0.15, -0.1) is 0 Å². The summed E-state index contributed by atoms with van der Waals surface area (Å²) < 4.78 is 37.2. The molecule has 0 radical (unpaired) electrons. The maximum Gasteiger partial charge on any atom is 0.235 e. The minimum atomic E-state index is -3.68. The lowest BCUT2D eigenvalue weighted by atomic mass is 10.1. The predicted molar refractivity (Wildman–Crippen MR) is 76.3 cm³/mol. The van der Waals surface area contributed by atoms with Gasteiger partial charge < -0.3 is 5.32 Å². The Morgan fingerprint density at radius 3 is 2.40 bits per heavy atom. The van der Waals surface area contributed by atoms with Crippen LogP contribution in [-0.4, -0.2) is 26.1 Å². The van der Waals surface area contributed by atoms with Gasteiger partial charge in [0.15, 0.2) is 9.84 Å². The van der Waals surface area contributed by atoms with Gasteiger partial charge in [0, 0.05) is 11.6 Å². The first-order chi connectivity index (χ1) is 9.21. The molecule has 1 rings (SSSR count). The Hall–Kier alpha value is -1.43. The molecule has 1 unspecified atom stereocenters. The third-order valence-corrected chi connectivity index (χ3v) is 4.53. The van der Waals surface area contributed by atoms with Crippen LogP contribution in [0.4, 0.5) is 4.39 Å². The molecule has 0 fully saturated rings. The highest BCUT2D eigenvalue weighted by Gasteiger charge is 2.20. The van der Waals surface area contributed by atoms with Crippen LogP contribution in [-0.2, 0) is 20.4 Å². The molecule has 1 atom stereocenters. The fourth-order valence-corrected chi connectivity index (χ4v) is 2.86. The van der Waals surface area contributed by atoms with E-state index in [2.05, 4.69) is 5.32 Å². The molecule has 20 heavy (non-hydrogen) atoms. The number of nitrogens with one attached hydrogen (secondary N) is 1. The summed E-state index contributed by atoms with van der Waals surface area (Å²) in [6.45, 7) is 5.67. The van der Waals surface area contributed by atoms with E-state index in [1.165, 1.54) is 18.2 Å². The SMILES string of the molecule is CC(C)C(C)NC(=O)CS(=O)(=O)Cc1ccccc1F. The molecule has 1 aromatic rings. The number of halogens is 1. The lowest BCUT2D eigenvalue weighted by molar-refractivity contribution is -0.119. The van der Waals surface area contributed by atoms with Crippen molar-refractivity contribution in [2.45, 2.75) is 32.6 Å². The highest BCUT2D eigenvalue weighted by atomic mass is 32.2. The van der Waals surface area contributed by atoms with E-state index in [9.17, 15) is 17.6 Å². The summed E-state index contributed by atoms with van der Waals surface area (Å²) in [6.07, 6.45) is 0. The molecule has 0 saturated heterocycles. The van der Waals surface area contributed by atoms with Gasteiger partial charge in [-0.25, -0.2) is 12.8 Å². The van der Waals surface area contributed by atoms with Gasteiger partial charge in [-0.3, -0.25) is 4.79 Å². The molecular formula is C14H20FNO3S. The van der Waals surface area contributed by atoms with Gasteiger partial charge in [-0.2, -0.15) is 0 Å². The average Bonchev–Trinajstić information content (AvgIpc) is 2.30. The van der Waals surface area contributed by atoms with Crippen LogP contribution in [0.1, 0.15) is 26.3 Å². The molecule has 0 aromatic heterocycles. The molecule has 0 heterocycles. The Labute approximate surface area is 119 Å². The van der Waals surface area contributed by atoms with E-state index >= 15 is 0 Å². The van der Waals surface area contributed by atoms with Crippen molar-refractivity contribution >= 4 is 15.7 Å². The van der Waals surface area contributed by atoms with E-state index in [0.717, 1.165) is 0 Å². The zero-order valence-electron chi connectivity index (χ0n) is 11.9. The first-order valence-corrected chi connectivity index (χ1v) is 8.26. The summed E-state index contributed by atoms with van der Waals surface area (Å²) in [7, 11) is -3.68. The van der Waals surface area contributed by atoms with Crippen molar-refractivity contribution in [2.75, 3.05) is 5.75 Å². The highest BCUT2D eigenvalue weighted by Crippen LogP contribution is 2.11. The van der Waals surface area contributed by atoms with Crippen LogP contribution in [0, 0.1) is 11.7 Å². The molecule has 112 valence electrons. The van der Waals surface area contributed by atoms with Gasteiger partial charge in [0.25, 0.3) is 0 Å². The van der Waals surface area contributed by atoms with Crippen molar-refractivity contribution < 1.29 is 17.6 Å². The molecule has 1 aromatic carbocycles. The van der Waals surface area contributed by atoms with Crippen molar-refractivity contribution in [1.82, 2.24) is 5.32 Å². The fraction of sp³-hybridized carbons (Fsp3) is 0.500. The van der Waals surface area contributed by atoms with Gasteiger partial charge in [-0.05, 0) is 18.9 Å². The molecule has 6 heteroatoms. The van der Waals surface area contributed by atoms with Crippen LogP contribution in [0.15, 0.2) is 24.3 Å². The topological polar surface area (TPSA) is 63.2 Å². The molecule has 0 aliphatic rings. The van der Waals surface area contributed by atoms with Crippen molar-refractivity contribution in [1.29, 1.82) is 0 Å². The number of hydrogen-bond acceptors (Lipinski definition) is 3. The maximum atomic E-state index is 13.4. The van der Waals surface area contributed by atoms with Crippen LogP contribution in [0.25, 0.3) is 0 Å². The van der Waals surface area contributed by atoms with Gasteiger partial charge in [0.1, 0.15) is 11.6 Å². The molecule has 0 spiro atoms. The summed E-state index contributed by atoms with van der Waals surface area (Å²) in [5.74, 6) is -2.01. The summed E-state index contributed by atoms with van der Waals surface area (Å²) in [5.41, 5.74) is 0.0807. The number of benzene rings is 1. The smallest absolute Gasteiger partial charge is 0.235 e. The number of carbonyl (C=O) groups is 1. The molecule has 1 amide bonds. The van der Waals surface area contributed by atoms with E-state index in [-0.39, 0.29) is 17.5 Å². The van der Waals surface area contributed by atoms with Gasteiger partial charge in [0.05, 0.1) is 5.75 Å². The lowest BCUT2D eigenvalue weighted by Crippen LogP contribution is -2.39. The average molecular weight is 301 g/mol. The van der Waals surface area contributed by atoms with E-state index in [1.807, 2.05) is 20.8 Å². The Balaban J connectivity index is 2.67. The minimum absolute atomic E-state index is 0.0807. The van der Waals surface area contributed by atoms with Crippen molar-refractivity contribution in [2.24, 2.45) is 5.92 Å². The molecular weight excluding hydrogens is 281 g/mol. The summed E-state index contributed by atoms with van der Waals surface area (Å²) in [4.78, 5) is 11.7. The van der Waals surface area contributed by atoms with Crippen LogP contribution < -0.4 is 5.32 Å². The molecule has 4 nitrogen and oxygen atoms in total. The normalized spacial score (nSPS) is 13.2. The maximum absolute atomic E-state index is 13.4. The van der Waals surface area contributed by atoms with Crippen LogP contribution in [0.3, 0.4) is 0 Å². The molecule has 0 aliphatic heterocycles. The standard InChI is InChI=1S/C14H20FNO3S/c1-10(2)11(3)16-14(17)9-20(18,19)8-12-6-4-5-7-13(12)15/h4-7,10-11H,8-9H2,1-3H3,(H,16,17). The highest BCUT2D eigenvalue weighted by molar-refractivity contribution is 7.91. The van der Waals surface area contributed by atoms with Gasteiger partial charge in [0.2, 0.25) is 5.91 Å². The number of amides is 1. The first kappa shape index (κ1) is 16.6. The third-order valence-electron chi connectivity index (χ3n) is 3.07. The first-order valence-electron chi connectivity index (χ1n) is 6.44. The number of rotatable bonds is 6. The summed E-state index contributed by atoms with van der Waals surface area (Å²) in [5, 5.41) is 2.62. The second-order valence-electron chi connectivity index (χ2n) is 5.22. The van der Waals surface area contributed by atoms with Gasteiger partial charge in [-0.1, -0.05) is 32.0 Å². The molecule has 0 bridgehead atoms. The van der Waals surface area contributed by atoms with Crippen molar-refractivity contribution in [3.8, 4) is 0 Å². The zero-order valence-corrected chi connectivity index (χ0v) is 12.7. The van der Waals surface area contributed by atoms with Crippen molar-refractivity contribution in [3.63, 3.8) is 0 Å². The monoisotopic (exact) mass is 301 g/mol. The lowest BCUT2D eigenvalue weighted by Gasteiger charge is -2.17. The van der Waals surface area contributed by atoms with E-state index in [0.29, 0.717) is 0 Å². The van der Waals surface area contributed by atoms with Crippen LogP contribution in [0.2, 0.25) is 0 Å². The molecule has 0 aliphatic carbocycles. The third kappa shape index (κ3) is 5.28. The molecule has 0 saturated carbocycles.